The van der Waals surface area contributed by atoms with Crippen LogP contribution in [0.25, 0.3) is 0 Å². The number of carboxylic acids is 1. The minimum atomic E-state index is -0.888. The van der Waals surface area contributed by atoms with Crippen LogP contribution in [0.5, 0.6) is 0 Å². The third-order valence-corrected chi connectivity index (χ3v) is 9.91. The van der Waals surface area contributed by atoms with Gasteiger partial charge in [-0.05, 0) is 57.8 Å². The van der Waals surface area contributed by atoms with Crippen molar-refractivity contribution in [3.05, 3.63) is 97.2 Å². The molecule has 8 nitrogen and oxygen atoms in total. The van der Waals surface area contributed by atoms with Crippen molar-refractivity contribution in [1.82, 2.24) is 0 Å². The summed E-state index contributed by atoms with van der Waals surface area (Å²) in [7, 11) is 5.50. The van der Waals surface area contributed by atoms with Gasteiger partial charge < -0.3 is 23.8 Å². The molecule has 2 unspecified atom stereocenters. The molecule has 0 aliphatic heterocycles. The van der Waals surface area contributed by atoms with Crippen LogP contribution in [0.3, 0.4) is 0 Å². The fraction of sp³-hybridized carbons (Fsp3) is 0.635. The Balaban J connectivity index is 4.45. The first-order valence-corrected chi connectivity index (χ1v) is 23.4. The summed E-state index contributed by atoms with van der Waals surface area (Å²) in [6.45, 7) is 4.52. The second-order valence-electron chi connectivity index (χ2n) is 16.5. The lowest BCUT2D eigenvalue weighted by Gasteiger charge is -2.31. The average molecular weight is 837 g/mol. The summed E-state index contributed by atoms with van der Waals surface area (Å²) in [5.74, 6) is -1.54. The number of hydrogen-bond donors (Lipinski definition) is 1. The van der Waals surface area contributed by atoms with Crippen molar-refractivity contribution < 1.29 is 38.2 Å². The molecule has 60 heavy (non-hydrogen) atoms. The van der Waals surface area contributed by atoms with Gasteiger partial charge in [0.1, 0.15) is 6.61 Å². The van der Waals surface area contributed by atoms with Gasteiger partial charge in [0.15, 0.2) is 12.1 Å². The highest BCUT2D eigenvalue weighted by atomic mass is 16.6. The number of hydrogen-bond acceptors (Lipinski definition) is 6. The first kappa shape index (κ1) is 56.2. The van der Waals surface area contributed by atoms with Gasteiger partial charge in [0.25, 0.3) is 0 Å². The van der Waals surface area contributed by atoms with Crippen LogP contribution < -0.4 is 0 Å². The third kappa shape index (κ3) is 39.7. The van der Waals surface area contributed by atoms with Crippen LogP contribution in [-0.2, 0) is 28.6 Å². The lowest BCUT2D eigenvalue weighted by atomic mass is 10.1. The monoisotopic (exact) mass is 837 g/mol. The number of likely N-dealkylation sites (N-methyl/N-ethyl adjacent to an activating group) is 1. The van der Waals surface area contributed by atoms with E-state index in [-0.39, 0.29) is 42.7 Å². The molecule has 0 saturated heterocycles. The lowest BCUT2D eigenvalue weighted by Crippen LogP contribution is -2.50. The first-order valence-electron chi connectivity index (χ1n) is 23.4. The van der Waals surface area contributed by atoms with E-state index in [1.165, 1.54) is 77.0 Å². The molecule has 0 aromatic rings. The average Bonchev–Trinajstić information content (AvgIpc) is 3.21. The number of carbonyl (C=O) groups excluding carboxylic acids is 2. The highest BCUT2D eigenvalue weighted by molar-refractivity contribution is 5.72. The molecule has 340 valence electrons. The van der Waals surface area contributed by atoms with Crippen molar-refractivity contribution in [2.75, 3.05) is 41.0 Å². The quantitative estimate of drug-likeness (QED) is 0.0216. The Kier molecular flexibility index (Phi) is 39.3. The molecule has 1 N–H and O–H groups in total. The van der Waals surface area contributed by atoms with Crippen molar-refractivity contribution in [2.24, 2.45) is 0 Å². The molecular formula is C52H86NO7+. The normalized spacial score (nSPS) is 13.8. The molecule has 2 atom stereocenters. The predicted molar refractivity (Wildman–Crippen MR) is 252 cm³/mol. The van der Waals surface area contributed by atoms with E-state index in [9.17, 15) is 19.5 Å². The molecule has 0 aromatic heterocycles. The molecule has 8 heteroatoms. The number of unbranched alkanes of at least 4 members (excludes halogenated alkanes) is 16. The Hall–Kier alpha value is -3.75. The van der Waals surface area contributed by atoms with Crippen LogP contribution in [0.1, 0.15) is 162 Å². The number of aliphatic carboxylic acids is 1. The Labute approximate surface area is 366 Å². The van der Waals surface area contributed by atoms with E-state index in [4.69, 9.17) is 14.2 Å². The van der Waals surface area contributed by atoms with Crippen LogP contribution in [0, 0.1) is 0 Å². The van der Waals surface area contributed by atoms with Gasteiger partial charge in [-0.3, -0.25) is 9.59 Å². The molecule has 0 fully saturated rings. The second-order valence-corrected chi connectivity index (χ2v) is 16.5. The Morgan fingerprint density at radius 2 is 0.950 bits per heavy atom. The third-order valence-electron chi connectivity index (χ3n) is 9.91. The topological polar surface area (TPSA) is 99.1 Å². The fourth-order valence-corrected chi connectivity index (χ4v) is 6.30. The Morgan fingerprint density at radius 3 is 1.45 bits per heavy atom. The minimum absolute atomic E-state index is 0.0348. The van der Waals surface area contributed by atoms with Crippen molar-refractivity contribution in [1.29, 1.82) is 0 Å². The number of carboxylic acid groups (broad SMARTS) is 1. The van der Waals surface area contributed by atoms with E-state index >= 15 is 0 Å². The van der Waals surface area contributed by atoms with E-state index in [0.717, 1.165) is 44.9 Å². The molecule has 0 amide bonds. The number of carbonyl (C=O) groups is 3. The van der Waals surface area contributed by atoms with E-state index in [1.54, 1.807) is 0 Å². The maximum atomic E-state index is 12.7. The van der Waals surface area contributed by atoms with Crippen molar-refractivity contribution in [3.8, 4) is 0 Å². The van der Waals surface area contributed by atoms with E-state index < -0.39 is 18.1 Å². The van der Waals surface area contributed by atoms with Gasteiger partial charge in [-0.15, -0.1) is 0 Å². The van der Waals surface area contributed by atoms with Gasteiger partial charge in [-0.1, -0.05) is 182 Å². The highest BCUT2D eigenvalue weighted by Gasteiger charge is 2.31. The number of rotatable bonds is 40. The van der Waals surface area contributed by atoms with Crippen LogP contribution in [0.2, 0.25) is 0 Å². The molecule has 0 aromatic carbocycles. The predicted octanol–water partition coefficient (Wildman–Crippen LogP) is 13.1. The number of nitrogens with zero attached hydrogens (tertiary/aromatic N) is 1. The van der Waals surface area contributed by atoms with E-state index in [1.807, 2.05) is 94.1 Å². The SMILES string of the molecule is CC/C=C/C=C/C=C/C=C/C=C/C=C/C=C/CCCCCC(=O)OC(COCCC(C(=O)O)[N+](C)(C)C)COC(=O)CCCCCCCCC/C=C/CCCCCCCC. The van der Waals surface area contributed by atoms with Crippen LogP contribution in [-0.4, -0.2) is 80.6 Å². The molecule has 0 spiro atoms. The lowest BCUT2D eigenvalue weighted by molar-refractivity contribution is -0.887. The van der Waals surface area contributed by atoms with E-state index in [2.05, 4.69) is 38.2 Å². The molecule has 0 aliphatic rings. The maximum Gasteiger partial charge on any atom is 0.362 e. The van der Waals surface area contributed by atoms with Gasteiger partial charge >= 0.3 is 17.9 Å². The molecule has 0 saturated carbocycles. The van der Waals surface area contributed by atoms with Gasteiger partial charge in [-0.25, -0.2) is 4.79 Å². The highest BCUT2D eigenvalue weighted by Crippen LogP contribution is 2.13. The molecule has 0 radical (unpaired) electrons. The van der Waals surface area contributed by atoms with Crippen molar-refractivity contribution in [2.45, 2.75) is 174 Å². The molecule has 0 aliphatic carbocycles. The minimum Gasteiger partial charge on any atom is -0.477 e. The molecular weight excluding hydrogens is 751 g/mol. The standard InChI is InChI=1S/C52H85NO7/c1-6-8-10-12-14-16-18-20-22-24-25-27-29-31-33-35-37-39-41-43-51(55)60-48(46-58-45-44-49(52(56)57)53(3,4)5)47-59-50(54)42-40-38-36-34-32-30-28-26-23-21-19-17-15-13-11-9-7-2/h8,10,12,14,16,18,20-25,27,29,31,33,48-49H,6-7,9,11,13,15,17,19,26,28,30,32,34-47H2,1-5H3/p+1/b10-8+,14-12+,18-16+,22-20+,23-21+,25-24+,29-27+,33-31+. The van der Waals surface area contributed by atoms with Crippen LogP contribution >= 0.6 is 0 Å². The summed E-state index contributed by atoms with van der Waals surface area (Å²) in [4.78, 5) is 37.1. The Morgan fingerprint density at radius 1 is 0.517 bits per heavy atom. The van der Waals surface area contributed by atoms with Gasteiger partial charge in [0, 0.05) is 19.3 Å². The fourth-order valence-electron chi connectivity index (χ4n) is 6.30. The smallest absolute Gasteiger partial charge is 0.362 e. The summed E-state index contributed by atoms with van der Waals surface area (Å²) >= 11 is 0. The first-order chi connectivity index (χ1) is 29.1. The maximum absolute atomic E-state index is 12.7. The zero-order chi connectivity index (χ0) is 44.2. The summed E-state index contributed by atoms with van der Waals surface area (Å²) in [6.07, 6.45) is 55.9. The van der Waals surface area contributed by atoms with Gasteiger partial charge in [-0.2, -0.15) is 0 Å². The van der Waals surface area contributed by atoms with Gasteiger partial charge in [0.05, 0.1) is 34.4 Å². The summed E-state index contributed by atoms with van der Waals surface area (Å²) in [5.41, 5.74) is 0. The number of esters is 2. The molecule has 0 rings (SSSR count). The number of ether oxygens (including phenoxy) is 3. The largest absolute Gasteiger partial charge is 0.477 e. The molecule has 0 bridgehead atoms. The zero-order valence-corrected chi connectivity index (χ0v) is 38.6. The summed E-state index contributed by atoms with van der Waals surface area (Å²) in [5, 5.41) is 9.63. The van der Waals surface area contributed by atoms with Gasteiger partial charge in [0.2, 0.25) is 0 Å². The van der Waals surface area contributed by atoms with Crippen molar-refractivity contribution in [3.63, 3.8) is 0 Å². The van der Waals surface area contributed by atoms with E-state index in [0.29, 0.717) is 19.3 Å². The second kappa shape index (κ2) is 42.0. The number of quaternary nitrogens is 1. The van der Waals surface area contributed by atoms with Crippen molar-refractivity contribution >= 4 is 17.9 Å². The Bertz CT molecular complexity index is 1300. The van der Waals surface area contributed by atoms with Crippen LogP contribution in [0.4, 0.5) is 0 Å². The number of allylic oxidation sites excluding steroid dienone is 16. The zero-order valence-electron chi connectivity index (χ0n) is 38.6. The summed E-state index contributed by atoms with van der Waals surface area (Å²) < 4.78 is 17.3. The molecule has 0 heterocycles. The van der Waals surface area contributed by atoms with Crippen LogP contribution in [0.15, 0.2) is 97.2 Å². The summed E-state index contributed by atoms with van der Waals surface area (Å²) in [6, 6.07) is -0.630.